The van der Waals surface area contributed by atoms with Crippen molar-refractivity contribution in [2.75, 3.05) is 0 Å². The Morgan fingerprint density at radius 3 is 2.68 bits per heavy atom. The summed E-state index contributed by atoms with van der Waals surface area (Å²) in [7, 11) is 0. The second-order valence-electron chi connectivity index (χ2n) is 8.03. The van der Waals surface area contributed by atoms with Gasteiger partial charge in [0.15, 0.2) is 0 Å². The van der Waals surface area contributed by atoms with E-state index in [1.54, 1.807) is 29.1 Å². The fourth-order valence-corrected chi connectivity index (χ4v) is 3.86. The molecular formula is C24H21FN4O2. The lowest BCUT2D eigenvalue weighted by Gasteiger charge is -2.11. The van der Waals surface area contributed by atoms with Gasteiger partial charge in [-0.3, -0.25) is 9.48 Å². The summed E-state index contributed by atoms with van der Waals surface area (Å²) in [5, 5.41) is 15.5. The molecule has 1 aliphatic rings. The summed E-state index contributed by atoms with van der Waals surface area (Å²) in [5.41, 5.74) is 9.59. The highest BCUT2D eigenvalue weighted by Gasteiger charge is 2.31. The molecule has 0 bridgehead atoms. The number of aromatic nitrogens is 3. The summed E-state index contributed by atoms with van der Waals surface area (Å²) in [6.45, 7) is 0.502. The molecule has 1 fully saturated rings. The molecule has 2 aromatic heterocycles. The fourth-order valence-electron chi connectivity index (χ4n) is 3.86. The minimum atomic E-state index is -0.624. The summed E-state index contributed by atoms with van der Waals surface area (Å²) >= 11 is 0. The Kier molecular flexibility index (Phi) is 4.75. The molecule has 3 N–H and O–H groups in total. The van der Waals surface area contributed by atoms with E-state index in [1.165, 1.54) is 12.1 Å². The van der Waals surface area contributed by atoms with Crippen LogP contribution in [0.2, 0.25) is 0 Å². The first kappa shape index (κ1) is 19.4. The van der Waals surface area contributed by atoms with Crippen molar-refractivity contribution in [3.63, 3.8) is 0 Å². The molecule has 0 aliphatic heterocycles. The van der Waals surface area contributed by atoms with Crippen LogP contribution in [0.1, 0.15) is 40.6 Å². The van der Waals surface area contributed by atoms with E-state index in [1.807, 2.05) is 24.4 Å². The van der Waals surface area contributed by atoms with E-state index < -0.39 is 12.0 Å². The molecule has 156 valence electrons. The zero-order valence-corrected chi connectivity index (χ0v) is 16.7. The predicted molar refractivity (Wildman–Crippen MR) is 115 cm³/mol. The average Bonchev–Trinajstić information content (AvgIpc) is 3.51. The lowest BCUT2D eigenvalue weighted by molar-refractivity contribution is 0.0996. The first-order chi connectivity index (χ1) is 15.0. The number of pyridine rings is 1. The number of nitrogens with zero attached hydrogens (tertiary/aromatic N) is 3. The first-order valence-corrected chi connectivity index (χ1v) is 10.2. The van der Waals surface area contributed by atoms with Gasteiger partial charge in [0, 0.05) is 17.1 Å². The van der Waals surface area contributed by atoms with E-state index in [4.69, 9.17) is 5.73 Å². The number of fused-ring (bicyclic) bond motifs is 1. The van der Waals surface area contributed by atoms with E-state index in [0.29, 0.717) is 18.0 Å². The van der Waals surface area contributed by atoms with Crippen molar-refractivity contribution < 1.29 is 14.3 Å². The lowest BCUT2D eigenvalue weighted by atomic mass is 9.98. The number of aliphatic hydroxyl groups is 1. The van der Waals surface area contributed by atoms with Crippen LogP contribution in [0, 0.1) is 11.7 Å². The minimum Gasteiger partial charge on any atom is -0.388 e. The molecular weight excluding hydrogens is 395 g/mol. The number of carbonyl (C=O) groups is 1. The maximum atomic E-state index is 13.4. The molecule has 1 amide bonds. The number of hydrogen-bond acceptors (Lipinski definition) is 4. The second kappa shape index (κ2) is 7.59. The van der Waals surface area contributed by atoms with Gasteiger partial charge in [0.1, 0.15) is 11.5 Å². The van der Waals surface area contributed by atoms with Crippen molar-refractivity contribution in [1.29, 1.82) is 0 Å². The Bertz CT molecular complexity index is 1280. The van der Waals surface area contributed by atoms with Crippen LogP contribution in [0.15, 0.2) is 60.9 Å². The van der Waals surface area contributed by atoms with Crippen LogP contribution in [0.4, 0.5) is 4.39 Å². The summed E-state index contributed by atoms with van der Waals surface area (Å²) in [4.78, 5) is 16.3. The summed E-state index contributed by atoms with van der Waals surface area (Å²) in [6, 6.07) is 13.5. The molecule has 1 atom stereocenters. The second-order valence-corrected chi connectivity index (χ2v) is 8.03. The van der Waals surface area contributed by atoms with Gasteiger partial charge in [0.25, 0.3) is 5.91 Å². The third-order valence-electron chi connectivity index (χ3n) is 5.69. The number of primary amides is 1. The minimum absolute atomic E-state index is 0.151. The number of aliphatic hydroxyl groups excluding tert-OH is 1. The topological polar surface area (TPSA) is 94.0 Å². The Morgan fingerprint density at radius 1 is 1.19 bits per heavy atom. The Morgan fingerprint density at radius 2 is 1.97 bits per heavy atom. The van der Waals surface area contributed by atoms with Crippen LogP contribution in [0.3, 0.4) is 0 Å². The van der Waals surface area contributed by atoms with E-state index in [0.717, 1.165) is 40.5 Å². The molecule has 7 heteroatoms. The molecule has 0 spiro atoms. The molecule has 0 saturated heterocycles. The zero-order chi connectivity index (χ0) is 21.5. The van der Waals surface area contributed by atoms with Crippen LogP contribution in [-0.2, 0) is 6.54 Å². The summed E-state index contributed by atoms with van der Waals surface area (Å²) in [6.07, 6.45) is 5.23. The van der Waals surface area contributed by atoms with Crippen molar-refractivity contribution in [2.45, 2.75) is 25.5 Å². The van der Waals surface area contributed by atoms with Crippen LogP contribution in [0.5, 0.6) is 0 Å². The highest BCUT2D eigenvalue weighted by molar-refractivity contribution is 6.00. The van der Waals surface area contributed by atoms with E-state index in [-0.39, 0.29) is 11.5 Å². The average molecular weight is 416 g/mol. The third-order valence-corrected chi connectivity index (χ3v) is 5.69. The smallest absolute Gasteiger partial charge is 0.267 e. The number of benzene rings is 2. The molecule has 31 heavy (non-hydrogen) atoms. The number of halogens is 1. The normalized spacial score (nSPS) is 14.6. The molecule has 1 unspecified atom stereocenters. The van der Waals surface area contributed by atoms with Gasteiger partial charge >= 0.3 is 0 Å². The maximum Gasteiger partial charge on any atom is 0.267 e. The standard InChI is InChI=1S/C24H21FN4O2/c25-18-6-4-15(5-7-18)20-10-22(24(26)31)28-21-9-14(1-8-19(20)21)12-29-13-17(11-27-29)23(30)16-2-3-16/h1,4-11,13,16,23,30H,2-3,12H2,(H2,26,31). The largest absolute Gasteiger partial charge is 0.388 e. The zero-order valence-electron chi connectivity index (χ0n) is 16.7. The molecule has 6 nitrogen and oxygen atoms in total. The number of nitrogens with two attached hydrogens (primary N) is 1. The van der Waals surface area contributed by atoms with Crippen LogP contribution in [0.25, 0.3) is 22.0 Å². The predicted octanol–water partition coefficient (Wildman–Crippen LogP) is 3.83. The van der Waals surface area contributed by atoms with Gasteiger partial charge < -0.3 is 10.8 Å². The quantitative estimate of drug-likeness (QED) is 0.500. The van der Waals surface area contributed by atoms with Crippen LogP contribution >= 0.6 is 0 Å². The Balaban J connectivity index is 1.51. The Labute approximate surface area is 178 Å². The van der Waals surface area contributed by atoms with Gasteiger partial charge in [-0.1, -0.05) is 24.3 Å². The van der Waals surface area contributed by atoms with Gasteiger partial charge in [-0.25, -0.2) is 9.37 Å². The highest BCUT2D eigenvalue weighted by atomic mass is 19.1. The van der Waals surface area contributed by atoms with Gasteiger partial charge in [-0.15, -0.1) is 0 Å². The third kappa shape index (κ3) is 3.92. The highest BCUT2D eigenvalue weighted by Crippen LogP contribution is 2.40. The van der Waals surface area contributed by atoms with Gasteiger partial charge in [0.05, 0.1) is 24.4 Å². The molecule has 5 rings (SSSR count). The number of rotatable bonds is 6. The fraction of sp³-hybridized carbons (Fsp3) is 0.208. The van der Waals surface area contributed by atoms with Crippen LogP contribution in [-0.4, -0.2) is 25.8 Å². The number of amides is 1. The molecule has 0 radical (unpaired) electrons. The van der Waals surface area contributed by atoms with Gasteiger partial charge in [0.2, 0.25) is 0 Å². The van der Waals surface area contributed by atoms with Gasteiger partial charge in [-0.2, -0.15) is 5.10 Å². The molecule has 2 aromatic carbocycles. The van der Waals surface area contributed by atoms with E-state index in [9.17, 15) is 14.3 Å². The maximum absolute atomic E-state index is 13.4. The molecule has 4 aromatic rings. The molecule has 1 aliphatic carbocycles. The van der Waals surface area contributed by atoms with E-state index in [2.05, 4.69) is 10.1 Å². The first-order valence-electron chi connectivity index (χ1n) is 10.2. The molecule has 1 saturated carbocycles. The number of carbonyl (C=O) groups excluding carboxylic acids is 1. The van der Waals surface area contributed by atoms with Gasteiger partial charge in [-0.05, 0) is 59.7 Å². The van der Waals surface area contributed by atoms with Crippen molar-refractivity contribution in [3.05, 3.63) is 83.6 Å². The monoisotopic (exact) mass is 416 g/mol. The lowest BCUT2D eigenvalue weighted by Crippen LogP contribution is -2.13. The summed E-state index contributed by atoms with van der Waals surface area (Å²) < 4.78 is 15.2. The Hall–Kier alpha value is -3.58. The van der Waals surface area contributed by atoms with E-state index >= 15 is 0 Å². The molecule has 2 heterocycles. The summed E-state index contributed by atoms with van der Waals surface area (Å²) in [5.74, 6) is -0.606. The van der Waals surface area contributed by atoms with Crippen molar-refractivity contribution >= 4 is 16.8 Å². The van der Waals surface area contributed by atoms with Crippen molar-refractivity contribution in [1.82, 2.24) is 14.8 Å². The van der Waals surface area contributed by atoms with Crippen LogP contribution < -0.4 is 5.73 Å². The van der Waals surface area contributed by atoms with Crippen molar-refractivity contribution in [2.24, 2.45) is 11.7 Å². The van der Waals surface area contributed by atoms with Crippen molar-refractivity contribution in [3.8, 4) is 11.1 Å². The SMILES string of the molecule is NC(=O)c1cc(-c2ccc(F)cc2)c2ccc(Cn3cc(C(O)C4CC4)cn3)cc2n1. The number of hydrogen-bond donors (Lipinski definition) is 2.